The van der Waals surface area contributed by atoms with Gasteiger partial charge in [0.05, 0.1) is 22.2 Å². The summed E-state index contributed by atoms with van der Waals surface area (Å²) in [5.41, 5.74) is 0.433. The van der Waals surface area contributed by atoms with E-state index in [4.69, 9.17) is 16.3 Å². The van der Waals surface area contributed by atoms with Crippen molar-refractivity contribution in [1.82, 2.24) is 0 Å². The highest BCUT2D eigenvalue weighted by Gasteiger charge is 2.38. The molecule has 3 rings (SSSR count). The topological polar surface area (TPSA) is 46.6 Å². The predicted octanol–water partition coefficient (Wildman–Crippen LogP) is 5.12. The number of anilines is 1. The van der Waals surface area contributed by atoms with Gasteiger partial charge in [0.25, 0.3) is 11.1 Å². The Labute approximate surface area is 153 Å². The van der Waals surface area contributed by atoms with Gasteiger partial charge >= 0.3 is 0 Å². The van der Waals surface area contributed by atoms with Gasteiger partial charge in [-0.15, -0.1) is 0 Å². The molecule has 1 aliphatic heterocycles. The van der Waals surface area contributed by atoms with E-state index in [0.717, 1.165) is 16.7 Å². The fraction of sp³-hybridized carbons (Fsp3) is 0.111. The zero-order chi connectivity index (χ0) is 18.0. The fourth-order valence-electron chi connectivity index (χ4n) is 2.37. The van der Waals surface area contributed by atoms with E-state index in [1.807, 2.05) is 6.92 Å². The summed E-state index contributed by atoms with van der Waals surface area (Å²) < 4.78 is 19.4. The number of benzene rings is 2. The normalized spacial score (nSPS) is 16.0. The molecule has 2 amide bonds. The van der Waals surface area contributed by atoms with Crippen molar-refractivity contribution in [2.24, 2.45) is 0 Å². The highest BCUT2D eigenvalue weighted by Crippen LogP contribution is 2.40. The van der Waals surface area contributed by atoms with Gasteiger partial charge in [0.2, 0.25) is 0 Å². The molecule has 128 valence electrons. The first kappa shape index (κ1) is 17.5. The monoisotopic (exact) mass is 377 g/mol. The molecule has 0 unspecified atom stereocenters. The minimum atomic E-state index is -0.561. The number of halogens is 2. The maximum Gasteiger partial charge on any atom is 0.298 e. The Morgan fingerprint density at radius 2 is 1.96 bits per heavy atom. The van der Waals surface area contributed by atoms with E-state index >= 15 is 0 Å². The van der Waals surface area contributed by atoms with Crippen LogP contribution < -0.4 is 9.64 Å². The summed E-state index contributed by atoms with van der Waals surface area (Å²) in [4.78, 5) is 26.2. The van der Waals surface area contributed by atoms with Crippen LogP contribution in [0.3, 0.4) is 0 Å². The number of carbonyl (C=O) groups excluding carboxylic acids is 2. The lowest BCUT2D eigenvalue weighted by Gasteiger charge is -2.16. The molecule has 1 aliphatic rings. The molecule has 0 aliphatic carbocycles. The number of imide groups is 1. The summed E-state index contributed by atoms with van der Waals surface area (Å²) in [6.07, 6.45) is 1.30. The number of thioether (sulfide) groups is 1. The van der Waals surface area contributed by atoms with Crippen molar-refractivity contribution in [1.29, 1.82) is 0 Å². The second-order valence-electron chi connectivity index (χ2n) is 5.05. The number of rotatable bonds is 4. The van der Waals surface area contributed by atoms with Gasteiger partial charge < -0.3 is 4.74 Å². The Bertz CT molecular complexity index is 864. The van der Waals surface area contributed by atoms with Crippen molar-refractivity contribution in [2.75, 3.05) is 11.5 Å². The molecule has 0 radical (unpaired) electrons. The van der Waals surface area contributed by atoms with Crippen LogP contribution in [0.15, 0.2) is 47.4 Å². The Balaban J connectivity index is 2.00. The molecule has 0 N–H and O–H groups in total. The van der Waals surface area contributed by atoms with E-state index in [2.05, 4.69) is 0 Å². The van der Waals surface area contributed by atoms with Crippen molar-refractivity contribution in [3.05, 3.63) is 63.8 Å². The van der Waals surface area contributed by atoms with Gasteiger partial charge in [-0.1, -0.05) is 29.8 Å². The van der Waals surface area contributed by atoms with E-state index in [1.165, 1.54) is 24.3 Å². The summed E-state index contributed by atoms with van der Waals surface area (Å²) in [6, 6.07) is 11.0. The molecule has 0 bridgehead atoms. The van der Waals surface area contributed by atoms with Gasteiger partial charge in [-0.25, -0.2) is 9.29 Å². The maximum absolute atomic E-state index is 13.9. The molecule has 1 heterocycles. The average molecular weight is 378 g/mol. The highest BCUT2D eigenvalue weighted by atomic mass is 35.5. The predicted molar refractivity (Wildman–Crippen MR) is 97.5 cm³/mol. The number of para-hydroxylation sites is 2. The van der Waals surface area contributed by atoms with Crippen molar-refractivity contribution >= 4 is 46.3 Å². The number of ether oxygens (including phenoxy) is 1. The first-order valence-corrected chi connectivity index (χ1v) is 8.66. The second-order valence-corrected chi connectivity index (χ2v) is 6.45. The lowest BCUT2D eigenvalue weighted by Crippen LogP contribution is -2.28. The number of carbonyl (C=O) groups is 2. The van der Waals surface area contributed by atoms with Gasteiger partial charge in [-0.2, -0.15) is 0 Å². The highest BCUT2D eigenvalue weighted by molar-refractivity contribution is 8.19. The number of amides is 2. The Morgan fingerprint density at radius 1 is 1.20 bits per heavy atom. The molecule has 0 atom stereocenters. The molecular weight excluding hydrogens is 365 g/mol. The molecule has 0 spiro atoms. The summed E-state index contributed by atoms with van der Waals surface area (Å²) >= 11 is 6.72. The first-order chi connectivity index (χ1) is 12.0. The Morgan fingerprint density at radius 3 is 2.68 bits per heavy atom. The third-order valence-corrected chi connectivity index (χ3v) is 4.67. The fourth-order valence-corrected chi connectivity index (χ4v) is 3.41. The molecule has 4 nitrogen and oxygen atoms in total. The molecular formula is C18H13ClFNO3S. The van der Waals surface area contributed by atoms with Crippen LogP contribution in [0.2, 0.25) is 5.02 Å². The van der Waals surface area contributed by atoms with Crippen molar-refractivity contribution in [3.63, 3.8) is 0 Å². The minimum absolute atomic E-state index is 0.0766. The van der Waals surface area contributed by atoms with Crippen molar-refractivity contribution < 1.29 is 18.7 Å². The van der Waals surface area contributed by atoms with Crippen LogP contribution in [-0.4, -0.2) is 17.8 Å². The van der Waals surface area contributed by atoms with Crippen molar-refractivity contribution in [3.8, 4) is 5.75 Å². The van der Waals surface area contributed by atoms with Crippen LogP contribution in [0.5, 0.6) is 5.75 Å². The molecule has 7 heteroatoms. The average Bonchev–Trinajstić information content (AvgIpc) is 2.86. The first-order valence-electron chi connectivity index (χ1n) is 7.46. The van der Waals surface area contributed by atoms with Gasteiger partial charge in [-0.3, -0.25) is 9.59 Å². The van der Waals surface area contributed by atoms with E-state index in [0.29, 0.717) is 18.0 Å². The van der Waals surface area contributed by atoms with Crippen LogP contribution in [0.4, 0.5) is 14.9 Å². The van der Waals surface area contributed by atoms with Crippen LogP contribution in [0.1, 0.15) is 12.5 Å². The van der Waals surface area contributed by atoms with Gasteiger partial charge in [0.1, 0.15) is 11.6 Å². The maximum atomic E-state index is 13.9. The third kappa shape index (κ3) is 3.41. The SMILES string of the molecule is CCOc1ccccc1N1C(=O)S/C(=C\c2c(F)cccc2Cl)C1=O. The lowest BCUT2D eigenvalue weighted by atomic mass is 10.2. The molecule has 2 aromatic rings. The van der Waals surface area contributed by atoms with Gasteiger partial charge in [0, 0.05) is 5.56 Å². The third-order valence-electron chi connectivity index (χ3n) is 3.47. The van der Waals surface area contributed by atoms with Crippen LogP contribution >= 0.6 is 23.4 Å². The van der Waals surface area contributed by atoms with Crippen LogP contribution in [0.25, 0.3) is 6.08 Å². The van der Waals surface area contributed by atoms with E-state index in [-0.39, 0.29) is 15.5 Å². The van der Waals surface area contributed by atoms with E-state index < -0.39 is 17.0 Å². The summed E-state index contributed by atoms with van der Waals surface area (Å²) in [5, 5.41) is -0.308. The lowest BCUT2D eigenvalue weighted by molar-refractivity contribution is -0.113. The molecule has 1 fully saturated rings. The standard InChI is InChI=1S/C18H13ClFNO3S/c1-2-24-15-9-4-3-8-14(15)21-17(22)16(25-18(21)23)10-11-12(19)6-5-7-13(11)20/h3-10H,2H2,1H3/b16-10-. The summed E-state index contributed by atoms with van der Waals surface area (Å²) in [7, 11) is 0. The quantitative estimate of drug-likeness (QED) is 0.694. The zero-order valence-electron chi connectivity index (χ0n) is 13.2. The van der Waals surface area contributed by atoms with Gasteiger partial charge in [-0.05, 0) is 49.0 Å². The second kappa shape index (κ2) is 7.29. The largest absolute Gasteiger partial charge is 0.492 e. The van der Waals surface area contributed by atoms with E-state index in [9.17, 15) is 14.0 Å². The molecule has 2 aromatic carbocycles. The van der Waals surface area contributed by atoms with Gasteiger partial charge in [0.15, 0.2) is 0 Å². The minimum Gasteiger partial charge on any atom is -0.492 e. The van der Waals surface area contributed by atoms with Crippen molar-refractivity contribution in [2.45, 2.75) is 6.92 Å². The smallest absolute Gasteiger partial charge is 0.298 e. The molecule has 25 heavy (non-hydrogen) atoms. The number of nitrogens with zero attached hydrogens (tertiary/aromatic N) is 1. The summed E-state index contributed by atoms with van der Waals surface area (Å²) in [5.74, 6) is -0.673. The van der Waals surface area contributed by atoms with Crippen LogP contribution in [0, 0.1) is 5.82 Å². The summed E-state index contributed by atoms with van der Waals surface area (Å²) in [6.45, 7) is 2.21. The zero-order valence-corrected chi connectivity index (χ0v) is 14.7. The number of hydrogen-bond acceptors (Lipinski definition) is 4. The number of hydrogen-bond donors (Lipinski definition) is 0. The Hall–Kier alpha value is -2.31. The van der Waals surface area contributed by atoms with E-state index in [1.54, 1.807) is 24.3 Å². The van der Waals surface area contributed by atoms with Crippen LogP contribution in [-0.2, 0) is 4.79 Å². The molecule has 1 saturated heterocycles. The molecule has 0 aromatic heterocycles. The molecule has 0 saturated carbocycles. The Kier molecular flexibility index (Phi) is 5.11.